The fourth-order valence-electron chi connectivity index (χ4n) is 2.59. The van der Waals surface area contributed by atoms with Crippen LogP contribution in [0.3, 0.4) is 0 Å². The highest BCUT2D eigenvalue weighted by atomic mass is 79.9. The number of anilines is 1. The van der Waals surface area contributed by atoms with Crippen LogP contribution in [0.4, 0.5) is 5.13 Å². The van der Waals surface area contributed by atoms with Crippen LogP contribution >= 0.6 is 27.3 Å². The average Bonchev–Trinajstić information content (AvgIpc) is 3.19. The lowest BCUT2D eigenvalue weighted by Crippen LogP contribution is -2.32. The Bertz CT molecular complexity index is 997. The second-order valence-electron chi connectivity index (χ2n) is 6.33. The first-order valence-electron chi connectivity index (χ1n) is 9.44. The topological polar surface area (TPSA) is 93.2 Å². The highest BCUT2D eigenvalue weighted by molar-refractivity contribution is 9.10. The molecule has 1 unspecified atom stereocenters. The Kier molecular flexibility index (Phi) is 7.92. The smallest absolute Gasteiger partial charge is 0.267 e. The minimum Gasteiger partial charge on any atom is -0.481 e. The molecule has 30 heavy (non-hydrogen) atoms. The third kappa shape index (κ3) is 6.36. The number of carbonyl (C=O) groups excluding carboxylic acids is 2. The second-order valence-corrected chi connectivity index (χ2v) is 8.31. The molecular formula is C21H21BrN4O3S. The van der Waals surface area contributed by atoms with Crippen molar-refractivity contribution in [2.45, 2.75) is 25.9 Å². The molecule has 1 heterocycles. The maximum Gasteiger partial charge on any atom is 0.267 e. The fraction of sp³-hybridized carbons (Fsp3) is 0.238. The van der Waals surface area contributed by atoms with Crippen LogP contribution in [0.2, 0.25) is 0 Å². The normalized spacial score (nSPS) is 11.5. The zero-order valence-corrected chi connectivity index (χ0v) is 18.7. The van der Waals surface area contributed by atoms with E-state index in [1.54, 1.807) is 24.3 Å². The molecule has 156 valence electrons. The van der Waals surface area contributed by atoms with Gasteiger partial charge in [0.1, 0.15) is 10.8 Å². The molecule has 0 saturated carbocycles. The molecule has 3 rings (SSSR count). The molecule has 3 aromatic rings. The van der Waals surface area contributed by atoms with Gasteiger partial charge in [-0.2, -0.15) is 0 Å². The quantitative estimate of drug-likeness (QED) is 0.473. The Hall–Kier alpha value is -2.78. The van der Waals surface area contributed by atoms with Gasteiger partial charge in [-0.25, -0.2) is 0 Å². The van der Waals surface area contributed by atoms with Crippen LogP contribution in [0.25, 0.3) is 0 Å². The van der Waals surface area contributed by atoms with E-state index in [0.717, 1.165) is 9.48 Å². The zero-order valence-electron chi connectivity index (χ0n) is 16.3. The third-order valence-corrected chi connectivity index (χ3v) is 5.48. The number of ether oxygens (including phenoxy) is 1. The summed E-state index contributed by atoms with van der Waals surface area (Å²) in [4.78, 5) is 24.6. The van der Waals surface area contributed by atoms with Crippen molar-refractivity contribution in [1.82, 2.24) is 15.5 Å². The van der Waals surface area contributed by atoms with Crippen LogP contribution < -0.4 is 15.4 Å². The predicted octanol–water partition coefficient (Wildman–Crippen LogP) is 4.07. The second kappa shape index (κ2) is 10.8. The molecule has 0 bridgehead atoms. The number of para-hydroxylation sites is 1. The monoisotopic (exact) mass is 488 g/mol. The lowest BCUT2D eigenvalue weighted by atomic mass is 10.2. The largest absolute Gasteiger partial charge is 0.481 e. The number of carbonyl (C=O) groups is 2. The van der Waals surface area contributed by atoms with Gasteiger partial charge in [0.2, 0.25) is 5.13 Å². The van der Waals surface area contributed by atoms with E-state index in [1.165, 1.54) is 11.3 Å². The summed E-state index contributed by atoms with van der Waals surface area (Å²) in [5.74, 6) is 0.212. The molecule has 0 saturated heterocycles. The van der Waals surface area contributed by atoms with Crippen LogP contribution in [0.15, 0.2) is 59.1 Å². The van der Waals surface area contributed by atoms with Gasteiger partial charge in [0, 0.05) is 23.0 Å². The van der Waals surface area contributed by atoms with E-state index in [2.05, 4.69) is 36.8 Å². The minimum absolute atomic E-state index is 0.154. The number of nitrogens with one attached hydrogen (secondary N) is 2. The summed E-state index contributed by atoms with van der Waals surface area (Å²) in [5.41, 5.74) is 0.582. The van der Waals surface area contributed by atoms with Crippen LogP contribution in [0.1, 0.15) is 28.7 Å². The predicted molar refractivity (Wildman–Crippen MR) is 120 cm³/mol. The minimum atomic E-state index is -0.621. The van der Waals surface area contributed by atoms with Crippen LogP contribution in [0.5, 0.6) is 5.75 Å². The maximum absolute atomic E-state index is 12.5. The molecule has 0 fully saturated rings. The van der Waals surface area contributed by atoms with Crippen LogP contribution in [-0.2, 0) is 11.2 Å². The summed E-state index contributed by atoms with van der Waals surface area (Å²) in [6.45, 7) is 2.30. The molecule has 0 spiro atoms. The van der Waals surface area contributed by atoms with Gasteiger partial charge in [0.25, 0.3) is 11.8 Å². The molecule has 0 radical (unpaired) electrons. The molecular weight excluding hydrogens is 468 g/mol. The molecule has 2 amide bonds. The molecule has 0 aliphatic heterocycles. The van der Waals surface area contributed by atoms with E-state index in [4.69, 9.17) is 4.74 Å². The SMILES string of the molecule is CCC(Oc1ccccc1)C(=O)Nc1nnc(CCNC(=O)c2cccc(Br)c2)s1. The van der Waals surface area contributed by atoms with E-state index >= 15 is 0 Å². The van der Waals surface area contributed by atoms with Crippen molar-refractivity contribution >= 4 is 44.2 Å². The van der Waals surface area contributed by atoms with Gasteiger partial charge in [-0.1, -0.05) is 58.5 Å². The standard InChI is InChI=1S/C21H21BrN4O3S/c1-2-17(29-16-9-4-3-5-10-16)20(28)24-21-26-25-18(30-21)11-12-23-19(27)14-7-6-8-15(22)13-14/h3-10,13,17H,2,11-12H2,1H3,(H,23,27)(H,24,26,28). The van der Waals surface area contributed by atoms with Crippen molar-refractivity contribution in [3.8, 4) is 5.75 Å². The molecule has 1 aromatic heterocycles. The van der Waals surface area contributed by atoms with E-state index in [-0.39, 0.29) is 11.8 Å². The molecule has 0 aliphatic carbocycles. The van der Waals surface area contributed by atoms with Gasteiger partial charge in [-0.3, -0.25) is 14.9 Å². The average molecular weight is 489 g/mol. The molecule has 0 aliphatic rings. The van der Waals surface area contributed by atoms with E-state index in [9.17, 15) is 9.59 Å². The number of amides is 2. The van der Waals surface area contributed by atoms with Gasteiger partial charge in [0.15, 0.2) is 6.10 Å². The fourth-order valence-corrected chi connectivity index (χ4v) is 3.73. The van der Waals surface area contributed by atoms with E-state index < -0.39 is 6.10 Å². The Morgan fingerprint density at radius 2 is 1.93 bits per heavy atom. The highest BCUT2D eigenvalue weighted by Crippen LogP contribution is 2.18. The molecule has 7 nitrogen and oxygen atoms in total. The Balaban J connectivity index is 1.48. The van der Waals surface area contributed by atoms with Gasteiger partial charge < -0.3 is 10.1 Å². The summed E-state index contributed by atoms with van der Waals surface area (Å²) in [5, 5.41) is 14.8. The summed E-state index contributed by atoms with van der Waals surface area (Å²) in [6.07, 6.45) is 0.420. The summed E-state index contributed by atoms with van der Waals surface area (Å²) in [6, 6.07) is 16.4. The van der Waals surface area contributed by atoms with E-state index in [1.807, 2.05) is 37.3 Å². The number of aromatic nitrogens is 2. The molecule has 1 atom stereocenters. The molecule has 2 N–H and O–H groups in total. The van der Waals surface area contributed by atoms with Gasteiger partial charge in [0.05, 0.1) is 0 Å². The molecule has 2 aromatic carbocycles. The number of rotatable bonds is 9. The number of nitrogens with zero attached hydrogens (tertiary/aromatic N) is 2. The first-order chi connectivity index (χ1) is 14.5. The van der Waals surface area contributed by atoms with Crippen molar-refractivity contribution in [2.24, 2.45) is 0 Å². The number of hydrogen-bond acceptors (Lipinski definition) is 6. The number of benzene rings is 2. The molecule has 9 heteroatoms. The highest BCUT2D eigenvalue weighted by Gasteiger charge is 2.20. The first-order valence-corrected chi connectivity index (χ1v) is 11.0. The van der Waals surface area contributed by atoms with E-state index in [0.29, 0.717) is 35.8 Å². The van der Waals surface area contributed by atoms with Crippen LogP contribution in [-0.4, -0.2) is 34.7 Å². The van der Waals surface area contributed by atoms with Crippen molar-refractivity contribution in [1.29, 1.82) is 0 Å². The maximum atomic E-state index is 12.5. The van der Waals surface area contributed by atoms with Crippen molar-refractivity contribution in [3.05, 3.63) is 69.6 Å². The first kappa shape index (κ1) is 21.9. The Labute approximate surface area is 187 Å². The summed E-state index contributed by atoms with van der Waals surface area (Å²) in [7, 11) is 0. The van der Waals surface area contributed by atoms with Gasteiger partial charge in [-0.15, -0.1) is 10.2 Å². The summed E-state index contributed by atoms with van der Waals surface area (Å²) >= 11 is 4.63. The van der Waals surface area contributed by atoms with Crippen molar-refractivity contribution in [2.75, 3.05) is 11.9 Å². The van der Waals surface area contributed by atoms with Crippen molar-refractivity contribution < 1.29 is 14.3 Å². The third-order valence-electron chi connectivity index (χ3n) is 4.09. The number of hydrogen-bond donors (Lipinski definition) is 2. The van der Waals surface area contributed by atoms with Gasteiger partial charge >= 0.3 is 0 Å². The lowest BCUT2D eigenvalue weighted by Gasteiger charge is -2.16. The van der Waals surface area contributed by atoms with Gasteiger partial charge in [-0.05, 0) is 36.8 Å². The number of halogens is 1. The van der Waals surface area contributed by atoms with Crippen molar-refractivity contribution in [3.63, 3.8) is 0 Å². The summed E-state index contributed by atoms with van der Waals surface area (Å²) < 4.78 is 6.59. The Morgan fingerprint density at radius 1 is 1.13 bits per heavy atom. The Morgan fingerprint density at radius 3 is 2.67 bits per heavy atom. The van der Waals surface area contributed by atoms with Crippen LogP contribution in [0, 0.1) is 0 Å². The zero-order chi connectivity index (χ0) is 21.3. The lowest BCUT2D eigenvalue weighted by molar-refractivity contribution is -0.122.